The van der Waals surface area contributed by atoms with Crippen LogP contribution in [0.25, 0.3) is 33.2 Å². The van der Waals surface area contributed by atoms with Crippen molar-refractivity contribution in [1.29, 1.82) is 5.26 Å². The van der Waals surface area contributed by atoms with E-state index in [-0.39, 0.29) is 0 Å². The third kappa shape index (κ3) is 2.90. The SMILES string of the molecule is Cn1cc2cc(-c3ccc4nc(C5CCNCC5)ccc4n3)c(C#N)cc2n1. The van der Waals surface area contributed by atoms with Gasteiger partial charge in [0, 0.05) is 35.8 Å². The molecule has 138 valence electrons. The summed E-state index contributed by atoms with van der Waals surface area (Å²) in [5.74, 6) is 0.517. The summed E-state index contributed by atoms with van der Waals surface area (Å²) in [7, 11) is 1.88. The molecular weight excluding hydrogens is 348 g/mol. The second-order valence-corrected chi connectivity index (χ2v) is 7.37. The minimum absolute atomic E-state index is 0.517. The molecule has 4 aromatic rings. The van der Waals surface area contributed by atoms with E-state index in [0.29, 0.717) is 11.5 Å². The molecule has 5 rings (SSSR count). The van der Waals surface area contributed by atoms with Gasteiger partial charge in [-0.1, -0.05) is 0 Å². The molecule has 0 radical (unpaired) electrons. The molecule has 1 aliphatic heterocycles. The number of aryl methyl sites for hydroxylation is 1. The monoisotopic (exact) mass is 368 g/mol. The minimum Gasteiger partial charge on any atom is -0.317 e. The summed E-state index contributed by atoms with van der Waals surface area (Å²) < 4.78 is 1.76. The number of aromatic nitrogens is 4. The zero-order chi connectivity index (χ0) is 19.1. The van der Waals surface area contributed by atoms with Crippen molar-refractivity contribution in [2.45, 2.75) is 18.8 Å². The average molecular weight is 368 g/mol. The van der Waals surface area contributed by atoms with Gasteiger partial charge in [0.25, 0.3) is 0 Å². The number of fused-ring (bicyclic) bond motifs is 2. The van der Waals surface area contributed by atoms with Gasteiger partial charge in [0.15, 0.2) is 0 Å². The normalized spacial score (nSPS) is 15.1. The van der Waals surface area contributed by atoms with Crippen LogP contribution in [0.3, 0.4) is 0 Å². The number of pyridine rings is 2. The molecule has 1 N–H and O–H groups in total. The van der Waals surface area contributed by atoms with E-state index < -0.39 is 0 Å². The highest BCUT2D eigenvalue weighted by Crippen LogP contribution is 2.29. The maximum atomic E-state index is 9.61. The smallest absolute Gasteiger partial charge is 0.0999 e. The molecule has 1 aromatic carbocycles. The van der Waals surface area contributed by atoms with Gasteiger partial charge in [-0.25, -0.2) is 4.98 Å². The van der Waals surface area contributed by atoms with E-state index >= 15 is 0 Å². The second-order valence-electron chi connectivity index (χ2n) is 7.37. The summed E-state index contributed by atoms with van der Waals surface area (Å²) in [6.45, 7) is 2.10. The lowest BCUT2D eigenvalue weighted by Gasteiger charge is -2.22. The van der Waals surface area contributed by atoms with Crippen LogP contribution in [0, 0.1) is 11.3 Å². The Bertz CT molecular complexity index is 1230. The van der Waals surface area contributed by atoms with Crippen LogP contribution in [0.4, 0.5) is 0 Å². The van der Waals surface area contributed by atoms with Crippen molar-refractivity contribution >= 4 is 21.9 Å². The Morgan fingerprint density at radius 3 is 2.64 bits per heavy atom. The number of benzene rings is 1. The fraction of sp³-hybridized carbons (Fsp3) is 0.273. The van der Waals surface area contributed by atoms with Crippen LogP contribution in [-0.2, 0) is 7.05 Å². The summed E-state index contributed by atoms with van der Waals surface area (Å²) in [5, 5.41) is 18.4. The largest absolute Gasteiger partial charge is 0.317 e. The van der Waals surface area contributed by atoms with Crippen molar-refractivity contribution in [3.63, 3.8) is 0 Å². The molecule has 0 amide bonds. The number of rotatable bonds is 2. The van der Waals surface area contributed by atoms with Crippen molar-refractivity contribution in [2.75, 3.05) is 13.1 Å². The molecule has 0 bridgehead atoms. The molecule has 28 heavy (non-hydrogen) atoms. The Labute approximate surface area is 162 Å². The van der Waals surface area contributed by atoms with E-state index in [2.05, 4.69) is 28.6 Å². The van der Waals surface area contributed by atoms with Gasteiger partial charge >= 0.3 is 0 Å². The van der Waals surface area contributed by atoms with E-state index in [9.17, 15) is 5.26 Å². The predicted molar refractivity (Wildman–Crippen MR) is 109 cm³/mol. The predicted octanol–water partition coefficient (Wildman–Crippen LogP) is 3.52. The maximum Gasteiger partial charge on any atom is 0.0999 e. The zero-order valence-electron chi connectivity index (χ0n) is 15.7. The molecule has 1 aliphatic rings. The van der Waals surface area contributed by atoms with Crippen molar-refractivity contribution < 1.29 is 0 Å². The summed E-state index contributed by atoms with van der Waals surface area (Å²) in [6, 6.07) is 14.2. The van der Waals surface area contributed by atoms with Crippen LogP contribution in [0.1, 0.15) is 30.0 Å². The molecule has 6 nitrogen and oxygen atoms in total. The number of nitrogens with zero attached hydrogens (tertiary/aromatic N) is 5. The van der Waals surface area contributed by atoms with E-state index in [1.165, 1.54) is 0 Å². The van der Waals surface area contributed by atoms with Crippen LogP contribution in [-0.4, -0.2) is 32.8 Å². The number of nitriles is 1. The molecule has 0 aliphatic carbocycles. The van der Waals surface area contributed by atoms with Crippen molar-refractivity contribution in [2.24, 2.45) is 7.05 Å². The summed E-state index contributed by atoms with van der Waals surface area (Å²) in [6.07, 6.45) is 4.20. The summed E-state index contributed by atoms with van der Waals surface area (Å²) in [4.78, 5) is 9.66. The van der Waals surface area contributed by atoms with Crippen molar-refractivity contribution in [3.8, 4) is 17.3 Å². The molecule has 1 fully saturated rings. The minimum atomic E-state index is 0.517. The van der Waals surface area contributed by atoms with Crippen LogP contribution in [0.15, 0.2) is 42.6 Å². The number of hydrogen-bond acceptors (Lipinski definition) is 5. The van der Waals surface area contributed by atoms with Gasteiger partial charge < -0.3 is 5.32 Å². The molecule has 0 saturated carbocycles. The summed E-state index contributed by atoms with van der Waals surface area (Å²) >= 11 is 0. The Balaban J connectivity index is 1.58. The quantitative estimate of drug-likeness (QED) is 0.586. The van der Waals surface area contributed by atoms with Gasteiger partial charge in [-0.3, -0.25) is 9.67 Å². The van der Waals surface area contributed by atoms with Gasteiger partial charge in [0.1, 0.15) is 0 Å². The average Bonchev–Trinajstić information content (AvgIpc) is 3.11. The number of hydrogen-bond donors (Lipinski definition) is 1. The molecule has 0 spiro atoms. The standard InChI is InChI=1S/C22H20N6/c1-28-13-16-10-17(15(12-23)11-22(16)27-28)19-3-5-20-21(26-19)4-2-18(25-20)14-6-8-24-9-7-14/h2-5,10-11,13-14,24H,6-9H2,1H3. The Morgan fingerprint density at radius 1 is 1.04 bits per heavy atom. The highest BCUT2D eigenvalue weighted by Gasteiger charge is 2.17. The molecule has 1 saturated heterocycles. The van der Waals surface area contributed by atoms with Gasteiger partial charge in [0.05, 0.1) is 33.9 Å². The van der Waals surface area contributed by atoms with Gasteiger partial charge in [-0.2, -0.15) is 10.4 Å². The van der Waals surface area contributed by atoms with Gasteiger partial charge in [0.2, 0.25) is 0 Å². The molecular formula is C22H20N6. The van der Waals surface area contributed by atoms with Crippen LogP contribution in [0.2, 0.25) is 0 Å². The first-order valence-corrected chi connectivity index (χ1v) is 9.57. The molecule has 6 heteroatoms. The molecule has 3 aromatic heterocycles. The van der Waals surface area contributed by atoms with E-state index in [0.717, 1.165) is 64.8 Å². The van der Waals surface area contributed by atoms with E-state index in [1.807, 2.05) is 37.5 Å². The molecule has 0 unspecified atom stereocenters. The zero-order valence-corrected chi connectivity index (χ0v) is 15.7. The fourth-order valence-electron chi connectivity index (χ4n) is 4.02. The highest BCUT2D eigenvalue weighted by atomic mass is 15.2. The van der Waals surface area contributed by atoms with E-state index in [4.69, 9.17) is 9.97 Å². The first-order chi connectivity index (χ1) is 13.7. The Hall–Kier alpha value is -3.30. The lowest BCUT2D eigenvalue weighted by atomic mass is 9.94. The third-order valence-corrected chi connectivity index (χ3v) is 5.48. The highest BCUT2D eigenvalue weighted by molar-refractivity contribution is 5.88. The van der Waals surface area contributed by atoms with Crippen LogP contribution in [0.5, 0.6) is 0 Å². The van der Waals surface area contributed by atoms with Gasteiger partial charge in [-0.05, 0) is 62.3 Å². The Morgan fingerprint density at radius 2 is 1.82 bits per heavy atom. The molecule has 0 atom stereocenters. The fourth-order valence-corrected chi connectivity index (χ4v) is 4.02. The van der Waals surface area contributed by atoms with Crippen LogP contribution < -0.4 is 5.32 Å². The maximum absolute atomic E-state index is 9.61. The third-order valence-electron chi connectivity index (χ3n) is 5.48. The second kappa shape index (κ2) is 6.70. The Kier molecular flexibility index (Phi) is 4.03. The van der Waals surface area contributed by atoms with Crippen molar-refractivity contribution in [1.82, 2.24) is 25.1 Å². The van der Waals surface area contributed by atoms with Crippen molar-refractivity contribution in [3.05, 3.63) is 53.9 Å². The van der Waals surface area contributed by atoms with E-state index in [1.54, 1.807) is 4.68 Å². The molecule has 4 heterocycles. The summed E-state index contributed by atoms with van der Waals surface area (Å²) in [5.41, 5.74) is 5.91. The number of piperidine rings is 1. The van der Waals surface area contributed by atoms with Gasteiger partial charge in [-0.15, -0.1) is 0 Å². The first-order valence-electron chi connectivity index (χ1n) is 9.57. The first kappa shape index (κ1) is 16.8. The number of nitrogens with one attached hydrogen (secondary N) is 1. The lowest BCUT2D eigenvalue weighted by Crippen LogP contribution is -2.27. The van der Waals surface area contributed by atoms with Crippen LogP contribution >= 0.6 is 0 Å². The topological polar surface area (TPSA) is 79.4 Å². The lowest BCUT2D eigenvalue weighted by molar-refractivity contribution is 0.454.